The largest absolute Gasteiger partial charge is 0.314 e. The third-order valence-corrected chi connectivity index (χ3v) is 5.73. The summed E-state index contributed by atoms with van der Waals surface area (Å²) in [6, 6.07) is 12.4. The number of para-hydroxylation sites is 1. The second-order valence-electron chi connectivity index (χ2n) is 7.31. The predicted molar refractivity (Wildman–Crippen MR) is 99.8 cm³/mol. The van der Waals surface area contributed by atoms with Crippen molar-refractivity contribution in [2.24, 2.45) is 0 Å². The molecule has 25 heavy (non-hydrogen) atoms. The maximum Gasteiger partial charge on any atom is 0.238 e. The number of amides is 1. The van der Waals surface area contributed by atoms with Crippen molar-refractivity contribution in [2.45, 2.75) is 31.1 Å². The summed E-state index contributed by atoms with van der Waals surface area (Å²) in [6.45, 7) is 2.98. The minimum atomic E-state index is -0.335. The Hall–Kier alpha value is -2.20. The van der Waals surface area contributed by atoms with Gasteiger partial charge < -0.3 is 9.80 Å². The van der Waals surface area contributed by atoms with Gasteiger partial charge in [0.25, 0.3) is 0 Å². The highest BCUT2D eigenvalue weighted by atomic mass is 16.2. The number of hydrogen-bond donors (Lipinski definition) is 0. The lowest BCUT2D eigenvalue weighted by atomic mass is 9.75. The lowest BCUT2D eigenvalue weighted by Crippen LogP contribution is -2.51. The highest BCUT2D eigenvalue weighted by molar-refractivity contribution is 6.08. The number of likely N-dealkylation sites (tertiary alicyclic amines) is 1. The lowest BCUT2D eigenvalue weighted by Gasteiger charge is -2.39. The quantitative estimate of drug-likeness (QED) is 0.862. The van der Waals surface area contributed by atoms with Crippen molar-refractivity contribution in [3.8, 4) is 0 Å². The van der Waals surface area contributed by atoms with Gasteiger partial charge in [-0.05, 0) is 62.0 Å². The van der Waals surface area contributed by atoms with E-state index in [0.29, 0.717) is 0 Å². The summed E-state index contributed by atoms with van der Waals surface area (Å²) in [5.74, 6) is 0.269. The molecule has 0 radical (unpaired) electrons. The van der Waals surface area contributed by atoms with Gasteiger partial charge in [-0.15, -0.1) is 0 Å². The molecule has 0 saturated carbocycles. The molecule has 0 N–H and O–H groups in total. The zero-order valence-corrected chi connectivity index (χ0v) is 14.8. The number of aryl methyl sites for hydroxylation is 1. The van der Waals surface area contributed by atoms with E-state index < -0.39 is 0 Å². The molecule has 1 atom stereocenters. The van der Waals surface area contributed by atoms with Crippen LogP contribution in [-0.4, -0.2) is 42.5 Å². The zero-order valence-electron chi connectivity index (χ0n) is 14.8. The summed E-state index contributed by atoms with van der Waals surface area (Å²) in [5.41, 5.74) is 3.26. The molecule has 2 aromatic rings. The van der Waals surface area contributed by atoms with Gasteiger partial charge in [0.1, 0.15) is 0 Å². The molecule has 1 aromatic heterocycles. The Morgan fingerprint density at radius 3 is 2.92 bits per heavy atom. The van der Waals surface area contributed by atoms with E-state index in [-0.39, 0.29) is 11.3 Å². The second-order valence-corrected chi connectivity index (χ2v) is 7.31. The van der Waals surface area contributed by atoms with Gasteiger partial charge in [0.05, 0.1) is 5.41 Å². The van der Waals surface area contributed by atoms with Crippen LogP contribution < -0.4 is 4.90 Å². The first-order valence-corrected chi connectivity index (χ1v) is 9.20. The molecule has 2 aliphatic heterocycles. The topological polar surface area (TPSA) is 36.4 Å². The van der Waals surface area contributed by atoms with Crippen LogP contribution in [0.5, 0.6) is 0 Å². The van der Waals surface area contributed by atoms with Crippen LogP contribution >= 0.6 is 0 Å². The summed E-state index contributed by atoms with van der Waals surface area (Å²) < 4.78 is 0. The fraction of sp³-hybridized carbons (Fsp3) is 0.429. The fourth-order valence-corrected chi connectivity index (χ4v) is 4.50. The Morgan fingerprint density at radius 1 is 1.20 bits per heavy atom. The van der Waals surface area contributed by atoms with Gasteiger partial charge in [-0.25, -0.2) is 0 Å². The van der Waals surface area contributed by atoms with Crippen molar-refractivity contribution in [3.63, 3.8) is 0 Å². The highest BCUT2D eigenvalue weighted by Crippen LogP contribution is 2.46. The molecule has 2 aliphatic rings. The highest BCUT2D eigenvalue weighted by Gasteiger charge is 2.51. The molecule has 1 aromatic carbocycles. The van der Waals surface area contributed by atoms with Crippen molar-refractivity contribution < 1.29 is 4.79 Å². The molecule has 1 saturated heterocycles. The van der Waals surface area contributed by atoms with Crippen molar-refractivity contribution in [3.05, 3.63) is 59.9 Å². The average molecular weight is 335 g/mol. The van der Waals surface area contributed by atoms with Gasteiger partial charge in [-0.2, -0.15) is 0 Å². The monoisotopic (exact) mass is 335 g/mol. The lowest BCUT2D eigenvalue weighted by molar-refractivity contribution is -0.124. The summed E-state index contributed by atoms with van der Waals surface area (Å²) >= 11 is 0. The normalized spacial score (nSPS) is 23.2. The van der Waals surface area contributed by atoms with Crippen molar-refractivity contribution in [1.29, 1.82) is 0 Å². The van der Waals surface area contributed by atoms with Crippen LogP contribution in [0.25, 0.3) is 0 Å². The zero-order chi connectivity index (χ0) is 17.3. The molecule has 130 valence electrons. The number of fused-ring (bicyclic) bond motifs is 2. The van der Waals surface area contributed by atoms with Gasteiger partial charge in [0, 0.05) is 31.7 Å². The molecule has 1 fully saturated rings. The third kappa shape index (κ3) is 2.85. The van der Waals surface area contributed by atoms with Crippen LogP contribution in [0.1, 0.15) is 30.4 Å². The number of anilines is 1. The molecular weight excluding hydrogens is 310 g/mol. The Balaban J connectivity index is 1.47. The Kier molecular flexibility index (Phi) is 4.30. The average Bonchev–Trinajstić information content (AvgIpc) is 2.86. The third-order valence-electron chi connectivity index (χ3n) is 5.73. The maximum atomic E-state index is 13.1. The van der Waals surface area contributed by atoms with E-state index in [1.165, 1.54) is 11.1 Å². The summed E-state index contributed by atoms with van der Waals surface area (Å²) in [5, 5.41) is 0. The van der Waals surface area contributed by atoms with Gasteiger partial charge in [-0.3, -0.25) is 9.78 Å². The number of hydrogen-bond acceptors (Lipinski definition) is 3. The number of likely N-dealkylation sites (N-methyl/N-ethyl adjacent to an activating group) is 1. The van der Waals surface area contributed by atoms with Crippen molar-refractivity contribution in [1.82, 2.24) is 9.88 Å². The van der Waals surface area contributed by atoms with E-state index in [9.17, 15) is 4.79 Å². The molecule has 0 bridgehead atoms. The number of aromatic nitrogens is 1. The molecule has 0 unspecified atom stereocenters. The van der Waals surface area contributed by atoms with Gasteiger partial charge in [0.15, 0.2) is 0 Å². The first kappa shape index (κ1) is 16.3. The van der Waals surface area contributed by atoms with Crippen LogP contribution in [-0.2, 0) is 16.6 Å². The van der Waals surface area contributed by atoms with Gasteiger partial charge in [-0.1, -0.05) is 24.3 Å². The van der Waals surface area contributed by atoms with E-state index in [2.05, 4.69) is 34.1 Å². The summed E-state index contributed by atoms with van der Waals surface area (Å²) in [6.07, 6.45) is 7.96. The van der Waals surface area contributed by atoms with Crippen LogP contribution in [0.3, 0.4) is 0 Å². The Bertz CT molecular complexity index is 761. The molecule has 4 rings (SSSR count). The Morgan fingerprint density at radius 2 is 2.08 bits per heavy atom. The second kappa shape index (κ2) is 6.60. The van der Waals surface area contributed by atoms with E-state index in [1.807, 2.05) is 36.5 Å². The number of carbonyl (C=O) groups is 1. The first-order chi connectivity index (χ1) is 12.2. The number of carbonyl (C=O) groups excluding carboxylic acids is 1. The number of nitrogens with zero attached hydrogens (tertiary/aromatic N) is 3. The minimum Gasteiger partial charge on any atom is -0.314 e. The van der Waals surface area contributed by atoms with Crippen molar-refractivity contribution >= 4 is 11.6 Å². The van der Waals surface area contributed by atoms with E-state index >= 15 is 0 Å². The summed E-state index contributed by atoms with van der Waals surface area (Å²) in [4.78, 5) is 21.6. The van der Waals surface area contributed by atoms with E-state index in [0.717, 1.165) is 51.0 Å². The summed E-state index contributed by atoms with van der Waals surface area (Å²) in [7, 11) is 1.91. The van der Waals surface area contributed by atoms with Crippen LogP contribution in [0.4, 0.5) is 5.69 Å². The molecule has 1 amide bonds. The standard InChI is InChI=1S/C21H25N3O/c1-23-19-10-3-2-9-18(19)21(20(23)25)11-6-14-24(16-21)13-5-8-17-7-4-12-22-15-17/h2-4,7,9-10,12,15H,5-6,8,11,13-14,16H2,1H3/t21-/m1/s1. The molecule has 3 heterocycles. The van der Waals surface area contributed by atoms with Gasteiger partial charge >= 0.3 is 0 Å². The number of piperidine rings is 1. The van der Waals surface area contributed by atoms with Crippen LogP contribution in [0.15, 0.2) is 48.8 Å². The van der Waals surface area contributed by atoms with Crippen molar-refractivity contribution in [2.75, 3.05) is 31.6 Å². The molecule has 1 spiro atoms. The van der Waals surface area contributed by atoms with E-state index in [4.69, 9.17) is 0 Å². The van der Waals surface area contributed by atoms with Gasteiger partial charge in [0.2, 0.25) is 5.91 Å². The fourth-order valence-electron chi connectivity index (χ4n) is 4.50. The van der Waals surface area contributed by atoms with Crippen LogP contribution in [0.2, 0.25) is 0 Å². The Labute approximate surface area is 149 Å². The first-order valence-electron chi connectivity index (χ1n) is 9.20. The molecular formula is C21H25N3O. The van der Waals surface area contributed by atoms with Crippen LogP contribution in [0, 0.1) is 0 Å². The number of pyridine rings is 1. The smallest absolute Gasteiger partial charge is 0.238 e. The molecule has 4 heteroatoms. The number of benzene rings is 1. The number of rotatable bonds is 4. The minimum absolute atomic E-state index is 0.269. The maximum absolute atomic E-state index is 13.1. The predicted octanol–water partition coefficient (Wildman–Crippen LogP) is 3.02. The SMILES string of the molecule is CN1C(=O)[C@@]2(CCCN(CCCc3cccnc3)C2)c2ccccc21. The molecule has 4 nitrogen and oxygen atoms in total. The van der Waals surface area contributed by atoms with E-state index in [1.54, 1.807) is 0 Å². The molecule has 0 aliphatic carbocycles.